The normalized spacial score (nSPS) is 15.9. The first-order chi connectivity index (χ1) is 34.9. The molecule has 76 heavy (non-hydrogen) atoms. The van der Waals surface area contributed by atoms with E-state index in [-0.39, 0.29) is 24.1 Å². The van der Waals surface area contributed by atoms with Gasteiger partial charge in [0.2, 0.25) is 5.78 Å². The number of aromatic nitrogens is 4. The highest BCUT2D eigenvalue weighted by Gasteiger charge is 2.38. The molecule has 7 rings (SSSR count). The van der Waals surface area contributed by atoms with Crippen LogP contribution < -0.4 is 6.15 Å². The number of likely N-dealkylation sites (tertiary alicyclic amines) is 2. The number of nitrogens with zero attached hydrogens (tertiary/aromatic N) is 5. The van der Waals surface area contributed by atoms with Gasteiger partial charge in [-0.2, -0.15) is 0 Å². The predicted molar refractivity (Wildman–Crippen MR) is 310 cm³/mol. The average Bonchev–Trinajstić information content (AvgIpc) is 4.15. The first-order valence-corrected chi connectivity index (χ1v) is 34.6. The first kappa shape index (κ1) is 63.7. The molecule has 2 fully saturated rings. The largest absolute Gasteiger partial charge is 0.481 e. The number of esters is 1. The van der Waals surface area contributed by atoms with E-state index in [0.717, 1.165) is 86.3 Å². The van der Waals surface area contributed by atoms with E-state index in [9.17, 15) is 19.2 Å². The smallest absolute Gasteiger partial charge is 0.411 e. The fourth-order valence-electron chi connectivity index (χ4n) is 8.42. The number of carboxylic acids is 1. The van der Waals surface area contributed by atoms with Gasteiger partial charge in [-0.25, -0.2) is 19.4 Å². The van der Waals surface area contributed by atoms with Gasteiger partial charge in [0.05, 0.1) is 29.0 Å². The van der Waals surface area contributed by atoms with E-state index < -0.39 is 58.0 Å². The molecule has 2 saturated heterocycles. The van der Waals surface area contributed by atoms with Gasteiger partial charge in [-0.3, -0.25) is 19.4 Å². The Morgan fingerprint density at radius 2 is 1.21 bits per heavy atom. The first-order valence-electron chi connectivity index (χ1n) is 25.6. The van der Waals surface area contributed by atoms with E-state index in [1.807, 2.05) is 49.9 Å². The number of carbonyl (C=O) groups excluding carboxylic acids is 4. The maximum Gasteiger partial charge on any atom is 0.411 e. The minimum absolute atomic E-state index is 0. The quantitative estimate of drug-likeness (QED) is 0.0275. The summed E-state index contributed by atoms with van der Waals surface area (Å²) in [7, 11) is -2.34. The highest BCUT2D eigenvalue weighted by atomic mass is 79.9. The van der Waals surface area contributed by atoms with Crippen LogP contribution in [0, 0.1) is 0 Å². The molecule has 3 aromatic heterocycles. The SMILES string of the molecule is CC(=O)O.CC(C)(C)OC(=O)N1CCC[C@H]1C(=O)OCC(=O)c1ccc(Br)c2ccn(COCC[Si](C)(C)C)c12.CC(C)(C)OC(=O)N1CCC[C@H]1c1ncc(-c2ccc(Br)c3ccn(COCC[Si](C)(C)C)c23)[nH]1.N. The van der Waals surface area contributed by atoms with Crippen molar-refractivity contribution in [1.82, 2.24) is 35.1 Å². The van der Waals surface area contributed by atoms with Gasteiger partial charge in [-0.1, -0.05) is 71.1 Å². The molecule has 0 unspecified atom stereocenters. The van der Waals surface area contributed by atoms with E-state index in [2.05, 4.69) is 105 Å². The number of aromatic amines is 1. The van der Waals surface area contributed by atoms with Crippen molar-refractivity contribution in [2.75, 3.05) is 32.9 Å². The van der Waals surface area contributed by atoms with Crippen LogP contribution in [-0.2, 0) is 46.7 Å². The van der Waals surface area contributed by atoms with Crippen molar-refractivity contribution >= 4 is 99.7 Å². The number of amides is 2. The van der Waals surface area contributed by atoms with E-state index >= 15 is 0 Å². The zero-order valence-corrected chi connectivity index (χ0v) is 51.9. The Labute approximate surface area is 466 Å². The summed E-state index contributed by atoms with van der Waals surface area (Å²) in [5.74, 6) is -0.946. The zero-order valence-electron chi connectivity index (χ0n) is 46.8. The number of hydrogen-bond donors (Lipinski definition) is 3. The second-order valence-electron chi connectivity index (χ2n) is 23.4. The summed E-state index contributed by atoms with van der Waals surface area (Å²) in [6.45, 7) is 29.0. The van der Waals surface area contributed by atoms with Crippen molar-refractivity contribution in [3.8, 4) is 11.3 Å². The molecule has 2 aliphatic heterocycles. The molecule has 0 radical (unpaired) electrons. The Hall–Kier alpha value is -4.85. The summed E-state index contributed by atoms with van der Waals surface area (Å²) in [6, 6.07) is 13.1. The number of imidazole rings is 1. The molecule has 5 N–H and O–H groups in total. The molecule has 0 aliphatic carbocycles. The number of halogens is 2. The molecule has 2 amide bonds. The number of rotatable bonds is 16. The summed E-state index contributed by atoms with van der Waals surface area (Å²) in [5.41, 5.74) is 3.08. The van der Waals surface area contributed by atoms with Crippen LogP contribution in [-0.4, -0.2) is 130 Å². The molecule has 0 saturated carbocycles. The molecule has 420 valence electrons. The second kappa shape index (κ2) is 27.2. The third kappa shape index (κ3) is 18.7. The maximum atomic E-state index is 13.2. The lowest BCUT2D eigenvalue weighted by molar-refractivity contribution is -0.147. The molecule has 2 atom stereocenters. The third-order valence-electron chi connectivity index (χ3n) is 12.1. The molecule has 5 heterocycles. The second-order valence-corrected chi connectivity index (χ2v) is 36.3. The topological polar surface area (TPSA) is 232 Å². The highest BCUT2D eigenvalue weighted by Crippen LogP contribution is 2.37. The lowest BCUT2D eigenvalue weighted by Gasteiger charge is -2.27. The number of Topliss-reactive ketones (excluding diaryl/α,β-unsaturated/α-hetero) is 1. The Kier molecular flexibility index (Phi) is 22.8. The number of carbonyl (C=O) groups is 5. The van der Waals surface area contributed by atoms with E-state index in [1.165, 1.54) is 4.90 Å². The van der Waals surface area contributed by atoms with Crippen molar-refractivity contribution in [3.05, 3.63) is 75.3 Å². The number of nitrogens with one attached hydrogen (secondary N) is 1. The van der Waals surface area contributed by atoms with Crippen LogP contribution in [0.25, 0.3) is 33.1 Å². The number of carboxylic acid groups (broad SMARTS) is 1. The molecular weight excluding hydrogens is 1140 g/mol. The summed E-state index contributed by atoms with van der Waals surface area (Å²) in [5, 5.41) is 9.43. The van der Waals surface area contributed by atoms with Gasteiger partial charge in [-0.05, 0) is 116 Å². The molecule has 22 heteroatoms. The number of ketones is 1. The summed E-state index contributed by atoms with van der Waals surface area (Å²) in [6.07, 6.45) is 7.95. The lowest BCUT2D eigenvalue weighted by atomic mass is 10.1. The number of hydrogen-bond acceptors (Lipinski definition) is 12. The van der Waals surface area contributed by atoms with Crippen LogP contribution in [0.1, 0.15) is 96.4 Å². The monoisotopic (exact) mass is 1220 g/mol. The molecule has 2 aliphatic rings. The van der Waals surface area contributed by atoms with Crippen molar-refractivity contribution in [2.45, 2.75) is 162 Å². The van der Waals surface area contributed by atoms with Gasteiger partial charge in [0.25, 0.3) is 5.97 Å². The van der Waals surface area contributed by atoms with Crippen LogP contribution in [0.15, 0.2) is 63.9 Å². The number of fused-ring (bicyclic) bond motifs is 2. The predicted octanol–water partition coefficient (Wildman–Crippen LogP) is 13.3. The molecule has 0 bridgehead atoms. The van der Waals surface area contributed by atoms with Crippen LogP contribution in [0.2, 0.25) is 51.4 Å². The highest BCUT2D eigenvalue weighted by molar-refractivity contribution is 9.11. The molecule has 18 nitrogen and oxygen atoms in total. The number of benzene rings is 2. The van der Waals surface area contributed by atoms with Crippen LogP contribution in [0.5, 0.6) is 0 Å². The number of aliphatic carboxylic acids is 1. The van der Waals surface area contributed by atoms with Crippen LogP contribution in [0.3, 0.4) is 0 Å². The van der Waals surface area contributed by atoms with Crippen LogP contribution in [0.4, 0.5) is 9.59 Å². The van der Waals surface area contributed by atoms with E-state index in [4.69, 9.17) is 38.6 Å². The average molecular weight is 1220 g/mol. The minimum Gasteiger partial charge on any atom is -0.481 e. The van der Waals surface area contributed by atoms with Gasteiger partial charge in [0, 0.05) is 92.6 Å². The maximum absolute atomic E-state index is 13.2. The summed E-state index contributed by atoms with van der Waals surface area (Å²) in [4.78, 5) is 71.6. The van der Waals surface area contributed by atoms with Gasteiger partial charge in [-0.15, -0.1) is 0 Å². The zero-order chi connectivity index (χ0) is 55.6. The van der Waals surface area contributed by atoms with Gasteiger partial charge in [0.1, 0.15) is 36.5 Å². The Bertz CT molecular complexity index is 2780. The Morgan fingerprint density at radius 3 is 1.75 bits per heavy atom. The standard InChI is InChI=1S/C26H37BrN4O3Si.C26H37BrN2O6Si.C2H4O2.H3N/c1-26(2,3)34-25(32)31-12-7-8-22(31)24-28-16-21(29-24)19-9-10-20(27)18-11-13-30(23(18)19)17-33-14-15-35(4,5)6;1-26(2,3)35-25(32)29-12-7-8-21(29)24(31)34-16-22(30)19-9-10-20(27)18-11-13-28(23(18)19)17-33-14-15-36(4,5)6;1-2(3)4;/h9-11,13,16,22H,7-8,12,14-15,17H2,1-6H3,(H,28,29);9-11,13,21H,7-8,12,14-17H2,1-6H3;1H3,(H,3,4);1H3/t22-;21-;;/m00../s1. The fraction of sp³-hybridized carbons (Fsp3) is 0.556. The molecule has 0 spiro atoms. The Morgan fingerprint density at radius 1 is 0.724 bits per heavy atom. The molecule has 2 aromatic carbocycles. The number of ether oxygens (including phenoxy) is 5. The fourth-order valence-corrected chi connectivity index (χ4v) is 10.8. The number of H-pyrrole nitrogens is 1. The lowest BCUT2D eigenvalue weighted by Crippen LogP contribution is -2.44. The third-order valence-corrected chi connectivity index (χ3v) is 16.9. The van der Waals surface area contributed by atoms with Crippen molar-refractivity contribution in [3.63, 3.8) is 0 Å². The van der Waals surface area contributed by atoms with Crippen molar-refractivity contribution in [1.29, 1.82) is 0 Å². The van der Waals surface area contributed by atoms with E-state index in [1.54, 1.807) is 31.7 Å². The van der Waals surface area contributed by atoms with Crippen molar-refractivity contribution in [2.24, 2.45) is 0 Å². The van der Waals surface area contributed by atoms with Crippen LogP contribution >= 0.6 is 31.9 Å². The molecule has 5 aromatic rings. The summed E-state index contributed by atoms with van der Waals surface area (Å²) < 4.78 is 34.4. The van der Waals surface area contributed by atoms with Gasteiger partial charge >= 0.3 is 18.2 Å². The van der Waals surface area contributed by atoms with E-state index in [0.29, 0.717) is 51.6 Å². The summed E-state index contributed by atoms with van der Waals surface area (Å²) >= 11 is 7.25. The minimum atomic E-state index is -1.20. The Balaban J connectivity index is 0.000000303. The molecular formula is C54H81Br2N7O11Si2. The van der Waals surface area contributed by atoms with Crippen molar-refractivity contribution < 1.29 is 52.8 Å². The van der Waals surface area contributed by atoms with Gasteiger partial charge < -0.3 is 49.1 Å². The van der Waals surface area contributed by atoms with Gasteiger partial charge in [0.15, 0.2) is 6.61 Å².